The molecule has 3 fully saturated rings. The predicted octanol–water partition coefficient (Wildman–Crippen LogP) is 4.86. The van der Waals surface area contributed by atoms with Gasteiger partial charge in [-0.25, -0.2) is 4.79 Å². The molecule has 9 nitrogen and oxygen atoms in total. The molecule has 47 heavy (non-hydrogen) atoms. The van der Waals surface area contributed by atoms with Crippen molar-refractivity contribution in [3.63, 3.8) is 0 Å². The molecule has 5 rings (SSSR count). The van der Waals surface area contributed by atoms with Gasteiger partial charge < -0.3 is 30.7 Å². The van der Waals surface area contributed by atoms with Crippen LogP contribution < -0.4 is 15.8 Å². The Kier molecular flexibility index (Phi) is 9.90. The van der Waals surface area contributed by atoms with Crippen LogP contribution in [0.4, 0.5) is 0 Å². The van der Waals surface area contributed by atoms with E-state index in [1.165, 1.54) is 0 Å². The van der Waals surface area contributed by atoms with Gasteiger partial charge in [-0.3, -0.25) is 9.59 Å². The summed E-state index contributed by atoms with van der Waals surface area (Å²) in [6.07, 6.45) is 4.14. The molecule has 1 amide bonds. The van der Waals surface area contributed by atoms with Gasteiger partial charge in [0.1, 0.15) is 23.4 Å². The standard InChI is InChI=1S/C38H50N2O7/c1-6-36(4)20-31(37(5)23(2)14-16-38(24(3)34(36)44)17-15-30(42)33(37)38)47-32(43)22-46-28-9-7-8-26(18-28)21-40-35(45)29(39)19-25-10-12-27(41)13-11-25/h6-13,18,23-24,29,31,33-34,41,44H,1,14-17,19-22,39H2,2-5H3,(H,40,45)/t23?,24-,29-,31+,33?,34-,36+,37-,38?/m0/s1. The largest absolute Gasteiger partial charge is 0.508 e. The number of rotatable bonds is 10. The molecule has 0 saturated heterocycles. The van der Waals surface area contributed by atoms with Crippen molar-refractivity contribution in [2.24, 2.45) is 39.7 Å². The zero-order valence-corrected chi connectivity index (χ0v) is 28.0. The smallest absolute Gasteiger partial charge is 0.344 e. The first-order valence-electron chi connectivity index (χ1n) is 16.8. The molecule has 0 radical (unpaired) electrons. The fraction of sp³-hybridized carbons (Fsp3) is 0.553. The van der Waals surface area contributed by atoms with Crippen LogP contribution in [0.5, 0.6) is 11.5 Å². The number of benzene rings is 2. The minimum absolute atomic E-state index is 0.0965. The second-order valence-corrected chi connectivity index (χ2v) is 14.7. The van der Waals surface area contributed by atoms with E-state index in [0.29, 0.717) is 25.0 Å². The summed E-state index contributed by atoms with van der Waals surface area (Å²) in [5.74, 6) is -0.300. The van der Waals surface area contributed by atoms with Crippen LogP contribution in [0.3, 0.4) is 0 Å². The van der Waals surface area contributed by atoms with Crippen molar-refractivity contribution < 1.29 is 34.1 Å². The third-order valence-corrected chi connectivity index (χ3v) is 12.0. The Hall–Kier alpha value is -3.69. The van der Waals surface area contributed by atoms with E-state index in [-0.39, 0.29) is 53.8 Å². The van der Waals surface area contributed by atoms with Crippen molar-refractivity contribution in [2.75, 3.05) is 6.61 Å². The van der Waals surface area contributed by atoms with Gasteiger partial charge in [0, 0.05) is 29.7 Å². The van der Waals surface area contributed by atoms with E-state index in [0.717, 1.165) is 30.4 Å². The Bertz CT molecular complexity index is 1490. The number of nitrogens with one attached hydrogen (secondary N) is 1. The number of hydrogen-bond acceptors (Lipinski definition) is 8. The molecular formula is C38H50N2O7. The molecule has 5 N–H and O–H groups in total. The summed E-state index contributed by atoms with van der Waals surface area (Å²) in [5.41, 5.74) is 6.06. The highest BCUT2D eigenvalue weighted by atomic mass is 16.6. The molecule has 9 heteroatoms. The van der Waals surface area contributed by atoms with Crippen LogP contribution >= 0.6 is 0 Å². The molecule has 0 spiro atoms. The van der Waals surface area contributed by atoms with Gasteiger partial charge in [0.2, 0.25) is 5.91 Å². The minimum atomic E-state index is -0.757. The van der Waals surface area contributed by atoms with Crippen LogP contribution in [-0.2, 0) is 32.1 Å². The monoisotopic (exact) mass is 646 g/mol. The van der Waals surface area contributed by atoms with Crippen molar-refractivity contribution in [3.8, 4) is 11.5 Å². The molecule has 0 aromatic heterocycles. The number of carbonyl (C=O) groups is 3. The highest BCUT2D eigenvalue weighted by Crippen LogP contribution is 2.68. The van der Waals surface area contributed by atoms with E-state index < -0.39 is 35.0 Å². The predicted molar refractivity (Wildman–Crippen MR) is 178 cm³/mol. The number of nitrogens with two attached hydrogens (primary N) is 1. The molecule has 3 unspecified atom stereocenters. The molecule has 254 valence electrons. The highest BCUT2D eigenvalue weighted by molar-refractivity contribution is 5.86. The fourth-order valence-electron chi connectivity index (χ4n) is 8.88. The van der Waals surface area contributed by atoms with Crippen molar-refractivity contribution in [2.45, 2.75) is 91.0 Å². The van der Waals surface area contributed by atoms with E-state index in [4.69, 9.17) is 15.2 Å². The van der Waals surface area contributed by atoms with Gasteiger partial charge >= 0.3 is 5.97 Å². The molecule has 0 aliphatic heterocycles. The van der Waals surface area contributed by atoms with Crippen LogP contribution in [0.15, 0.2) is 61.2 Å². The minimum Gasteiger partial charge on any atom is -0.508 e. The number of phenolic OH excluding ortho intramolecular Hbond substituents is 1. The Morgan fingerprint density at radius 2 is 1.85 bits per heavy atom. The van der Waals surface area contributed by atoms with Gasteiger partial charge in [-0.15, -0.1) is 6.58 Å². The van der Waals surface area contributed by atoms with Crippen molar-refractivity contribution in [1.29, 1.82) is 0 Å². The SMILES string of the molecule is C=C[C@]1(C)C[C@@H](OC(=O)COc2cccc(CNC(=O)[C@@H](N)Cc3ccc(O)cc3)c2)[C@]2(C)C(C)CCC3(CCC(=O)C32)[C@@H](C)[C@@H]1O. The summed E-state index contributed by atoms with van der Waals surface area (Å²) in [5, 5.41) is 24.0. The first-order chi connectivity index (χ1) is 22.2. The Morgan fingerprint density at radius 3 is 2.55 bits per heavy atom. The zero-order valence-electron chi connectivity index (χ0n) is 28.0. The number of carbonyl (C=O) groups excluding carboxylic acids is 3. The second-order valence-electron chi connectivity index (χ2n) is 14.7. The number of esters is 1. The molecule has 2 aromatic carbocycles. The number of Topliss-reactive ketones (excluding diaryl/α,β-unsaturated/α-hetero) is 1. The quantitative estimate of drug-likeness (QED) is 0.211. The average Bonchev–Trinajstić information content (AvgIpc) is 3.42. The van der Waals surface area contributed by atoms with Gasteiger partial charge in [-0.1, -0.05) is 58.0 Å². The summed E-state index contributed by atoms with van der Waals surface area (Å²) in [7, 11) is 0. The number of hydrogen-bond donors (Lipinski definition) is 4. The normalized spacial score (nSPS) is 33.9. The van der Waals surface area contributed by atoms with E-state index in [9.17, 15) is 24.6 Å². The Labute approximate surface area is 277 Å². The lowest BCUT2D eigenvalue weighted by atomic mass is 9.44. The lowest BCUT2D eigenvalue weighted by Crippen LogP contribution is -2.63. The lowest BCUT2D eigenvalue weighted by molar-refractivity contribution is -0.207. The van der Waals surface area contributed by atoms with Crippen molar-refractivity contribution >= 4 is 17.7 Å². The van der Waals surface area contributed by atoms with E-state index >= 15 is 0 Å². The first kappa shape index (κ1) is 34.6. The van der Waals surface area contributed by atoms with Crippen LogP contribution in [0.1, 0.15) is 70.9 Å². The number of ketones is 1. The van der Waals surface area contributed by atoms with E-state index in [2.05, 4.69) is 32.7 Å². The number of ether oxygens (including phenoxy) is 2. The van der Waals surface area contributed by atoms with Crippen molar-refractivity contribution in [1.82, 2.24) is 5.32 Å². The number of phenols is 1. The van der Waals surface area contributed by atoms with Crippen molar-refractivity contribution in [3.05, 3.63) is 72.3 Å². The average molecular weight is 647 g/mol. The number of aliphatic hydroxyl groups is 1. The number of aromatic hydroxyl groups is 1. The molecule has 9 atom stereocenters. The lowest BCUT2D eigenvalue weighted by Gasteiger charge is -2.61. The van der Waals surface area contributed by atoms with Gasteiger partial charge in [0.05, 0.1) is 12.1 Å². The maximum Gasteiger partial charge on any atom is 0.344 e. The van der Waals surface area contributed by atoms with Crippen LogP contribution in [0.2, 0.25) is 0 Å². The summed E-state index contributed by atoms with van der Waals surface area (Å²) in [6, 6.07) is 12.9. The first-order valence-corrected chi connectivity index (χ1v) is 16.8. The number of amides is 1. The van der Waals surface area contributed by atoms with Crippen LogP contribution in [-0.4, -0.2) is 52.7 Å². The van der Waals surface area contributed by atoms with Gasteiger partial charge in [-0.2, -0.15) is 0 Å². The maximum atomic E-state index is 13.6. The van der Waals surface area contributed by atoms with Gasteiger partial charge in [0.15, 0.2) is 6.61 Å². The molecule has 2 aromatic rings. The Morgan fingerprint density at radius 1 is 1.13 bits per heavy atom. The third kappa shape index (κ3) is 6.57. The molecule has 0 heterocycles. The molecular weight excluding hydrogens is 596 g/mol. The molecule has 3 saturated carbocycles. The fourth-order valence-corrected chi connectivity index (χ4v) is 8.88. The molecule has 3 aliphatic rings. The summed E-state index contributed by atoms with van der Waals surface area (Å²) in [6.45, 7) is 12.3. The zero-order chi connectivity index (χ0) is 34.1. The van der Waals surface area contributed by atoms with Crippen LogP contribution in [0, 0.1) is 34.0 Å². The summed E-state index contributed by atoms with van der Waals surface area (Å²) in [4.78, 5) is 39.7. The highest BCUT2D eigenvalue weighted by Gasteiger charge is 2.68. The maximum absolute atomic E-state index is 13.6. The van der Waals surface area contributed by atoms with Gasteiger partial charge in [-0.05, 0) is 84.7 Å². The third-order valence-electron chi connectivity index (χ3n) is 12.0. The molecule has 2 bridgehead atoms. The second kappa shape index (κ2) is 13.4. The van der Waals surface area contributed by atoms with E-state index in [1.807, 2.05) is 13.0 Å². The van der Waals surface area contributed by atoms with E-state index in [1.54, 1.807) is 48.5 Å². The van der Waals surface area contributed by atoms with Crippen LogP contribution in [0.25, 0.3) is 0 Å². The summed E-state index contributed by atoms with van der Waals surface area (Å²) < 4.78 is 12.1. The summed E-state index contributed by atoms with van der Waals surface area (Å²) >= 11 is 0. The topological polar surface area (TPSA) is 148 Å². The Balaban J connectivity index is 1.24. The number of aliphatic hydroxyl groups excluding tert-OH is 1. The molecule has 3 aliphatic carbocycles. The van der Waals surface area contributed by atoms with Gasteiger partial charge in [0.25, 0.3) is 0 Å².